The molecular weight excluding hydrogens is 346 g/mol. The summed E-state index contributed by atoms with van der Waals surface area (Å²) < 4.78 is 3.79. The highest BCUT2D eigenvalue weighted by atomic mass is 16.2. The zero-order valence-electron chi connectivity index (χ0n) is 16.9. The first-order valence-electron chi connectivity index (χ1n) is 9.66. The van der Waals surface area contributed by atoms with Gasteiger partial charge in [-0.1, -0.05) is 38.1 Å². The maximum absolute atomic E-state index is 13.7. The molecule has 2 aromatic carbocycles. The Morgan fingerprint density at radius 3 is 2.61 bits per heavy atom. The second-order valence-corrected chi connectivity index (χ2v) is 7.59. The van der Waals surface area contributed by atoms with Gasteiger partial charge in [0.25, 0.3) is 5.91 Å². The van der Waals surface area contributed by atoms with Crippen LogP contribution >= 0.6 is 0 Å². The first-order valence-corrected chi connectivity index (χ1v) is 9.66. The fraction of sp³-hybridized carbons (Fsp3) is 0.250. The van der Waals surface area contributed by atoms with E-state index < -0.39 is 0 Å². The maximum atomic E-state index is 13.7. The molecule has 4 heteroatoms. The van der Waals surface area contributed by atoms with Crippen molar-refractivity contribution in [2.24, 2.45) is 0 Å². The molecule has 2 aromatic heterocycles. The molecule has 4 rings (SSSR count). The van der Waals surface area contributed by atoms with E-state index in [9.17, 15) is 4.79 Å². The van der Waals surface area contributed by atoms with Crippen LogP contribution in [0.1, 0.15) is 47.2 Å². The van der Waals surface area contributed by atoms with Crippen LogP contribution in [0.5, 0.6) is 0 Å². The molecule has 0 N–H and O–H groups in total. The molecule has 0 aliphatic rings. The number of aryl methyl sites for hydroxylation is 2. The average molecular weight is 371 g/mol. The van der Waals surface area contributed by atoms with Crippen LogP contribution in [-0.4, -0.2) is 20.0 Å². The smallest absolute Gasteiger partial charge is 0.280 e. The zero-order chi connectivity index (χ0) is 20.0. The summed E-state index contributed by atoms with van der Waals surface area (Å²) in [5, 5.41) is 1.12. The van der Waals surface area contributed by atoms with Gasteiger partial charge in [-0.2, -0.15) is 0 Å². The largest absolute Gasteiger partial charge is 0.332 e. The molecule has 4 nitrogen and oxygen atoms in total. The minimum absolute atomic E-state index is 0.0483. The number of carbonyl (C=O) groups is 1. The van der Waals surface area contributed by atoms with Crippen LogP contribution in [0.2, 0.25) is 0 Å². The Hall–Kier alpha value is -3.14. The molecule has 0 saturated carbocycles. The van der Waals surface area contributed by atoms with Crippen molar-refractivity contribution in [3.05, 3.63) is 77.8 Å². The number of nitrogens with zero attached hydrogens (tertiary/aromatic N) is 3. The zero-order valence-corrected chi connectivity index (χ0v) is 16.9. The molecule has 0 unspecified atom stereocenters. The fourth-order valence-corrected chi connectivity index (χ4v) is 4.00. The van der Waals surface area contributed by atoms with Gasteiger partial charge in [0, 0.05) is 17.4 Å². The lowest BCUT2D eigenvalue weighted by atomic mass is 10.0. The summed E-state index contributed by atoms with van der Waals surface area (Å²) in [6.45, 7) is 12.8. The highest BCUT2D eigenvalue weighted by molar-refractivity contribution is 6.06. The van der Waals surface area contributed by atoms with E-state index in [4.69, 9.17) is 0 Å². The average Bonchev–Trinajstić information content (AvgIpc) is 3.15. The molecule has 2 heterocycles. The topological polar surface area (TPSA) is 39.8 Å². The third-order valence-corrected chi connectivity index (χ3v) is 5.45. The first kappa shape index (κ1) is 18.2. The van der Waals surface area contributed by atoms with Crippen molar-refractivity contribution < 1.29 is 4.79 Å². The van der Waals surface area contributed by atoms with Crippen molar-refractivity contribution >= 4 is 27.8 Å². The summed E-state index contributed by atoms with van der Waals surface area (Å²) in [7, 11) is 0. The Labute approximate surface area is 165 Å². The van der Waals surface area contributed by atoms with Crippen molar-refractivity contribution in [2.45, 2.75) is 40.2 Å². The van der Waals surface area contributed by atoms with Gasteiger partial charge in [-0.05, 0) is 55.2 Å². The summed E-state index contributed by atoms with van der Waals surface area (Å²) in [5.41, 5.74) is 5.70. The van der Waals surface area contributed by atoms with Crippen molar-refractivity contribution in [1.82, 2.24) is 14.1 Å². The lowest BCUT2D eigenvalue weighted by Gasteiger charge is -2.11. The molecule has 0 saturated heterocycles. The Morgan fingerprint density at radius 2 is 1.89 bits per heavy atom. The summed E-state index contributed by atoms with van der Waals surface area (Å²) >= 11 is 0. The number of para-hydroxylation sites is 2. The molecule has 0 amide bonds. The standard InChI is InChI=1S/C24H25N3O/c1-6-13-26-21-12-11-18(15(2)3)14-19(21)16(4)23(26)24(28)27-17(5)25-20-9-7-8-10-22(20)27/h6-12,14-15H,1,13H2,2-5H3. The van der Waals surface area contributed by atoms with Gasteiger partial charge < -0.3 is 4.57 Å². The molecule has 0 spiro atoms. The summed E-state index contributed by atoms with van der Waals surface area (Å²) in [4.78, 5) is 18.3. The fourth-order valence-electron chi connectivity index (χ4n) is 4.00. The van der Waals surface area contributed by atoms with Crippen LogP contribution < -0.4 is 0 Å². The molecule has 0 fully saturated rings. The predicted molar refractivity (Wildman–Crippen MR) is 115 cm³/mol. The molecule has 0 atom stereocenters. The third kappa shape index (κ3) is 2.68. The van der Waals surface area contributed by atoms with Gasteiger partial charge in [0.2, 0.25) is 0 Å². The Balaban J connectivity index is 2.00. The summed E-state index contributed by atoms with van der Waals surface area (Å²) in [5.74, 6) is 1.09. The van der Waals surface area contributed by atoms with Crippen molar-refractivity contribution in [3.63, 3.8) is 0 Å². The lowest BCUT2D eigenvalue weighted by molar-refractivity contribution is 0.0953. The second-order valence-electron chi connectivity index (χ2n) is 7.59. The minimum atomic E-state index is -0.0483. The van der Waals surface area contributed by atoms with Gasteiger partial charge in [-0.15, -0.1) is 6.58 Å². The molecular formula is C24H25N3O. The highest BCUT2D eigenvalue weighted by Crippen LogP contribution is 2.30. The Bertz CT molecular complexity index is 1220. The van der Waals surface area contributed by atoms with Crippen LogP contribution in [0.15, 0.2) is 55.1 Å². The second kappa shape index (κ2) is 6.79. The monoisotopic (exact) mass is 371 g/mol. The molecule has 0 aliphatic heterocycles. The van der Waals surface area contributed by atoms with E-state index in [1.807, 2.05) is 44.2 Å². The molecule has 4 aromatic rings. The van der Waals surface area contributed by atoms with Gasteiger partial charge in [0.15, 0.2) is 0 Å². The van der Waals surface area contributed by atoms with Crippen LogP contribution in [0, 0.1) is 13.8 Å². The number of hydrogen-bond donors (Lipinski definition) is 0. The maximum Gasteiger partial charge on any atom is 0.280 e. The van der Waals surface area contributed by atoms with Gasteiger partial charge >= 0.3 is 0 Å². The van der Waals surface area contributed by atoms with E-state index in [1.165, 1.54) is 5.56 Å². The van der Waals surface area contributed by atoms with E-state index in [-0.39, 0.29) is 5.91 Å². The van der Waals surface area contributed by atoms with Crippen molar-refractivity contribution in [1.29, 1.82) is 0 Å². The highest BCUT2D eigenvalue weighted by Gasteiger charge is 2.24. The van der Waals surface area contributed by atoms with Crippen molar-refractivity contribution in [3.8, 4) is 0 Å². The number of rotatable bonds is 4. The molecule has 28 heavy (non-hydrogen) atoms. The Kier molecular flexibility index (Phi) is 4.42. The molecule has 0 aliphatic carbocycles. The number of allylic oxidation sites excluding steroid dienone is 1. The first-order chi connectivity index (χ1) is 13.4. The molecule has 0 bridgehead atoms. The molecule has 142 valence electrons. The van der Waals surface area contributed by atoms with Crippen LogP contribution in [0.25, 0.3) is 21.9 Å². The predicted octanol–water partition coefficient (Wildman–Crippen LogP) is 5.61. The molecule has 0 radical (unpaired) electrons. The van der Waals surface area contributed by atoms with E-state index >= 15 is 0 Å². The van der Waals surface area contributed by atoms with Crippen molar-refractivity contribution in [2.75, 3.05) is 0 Å². The summed E-state index contributed by atoms with van der Waals surface area (Å²) in [6, 6.07) is 14.2. The lowest BCUT2D eigenvalue weighted by Crippen LogP contribution is -2.19. The van der Waals surface area contributed by atoms with Gasteiger partial charge in [-0.3, -0.25) is 9.36 Å². The van der Waals surface area contributed by atoms with E-state index in [0.29, 0.717) is 24.0 Å². The quantitative estimate of drug-likeness (QED) is 0.438. The van der Waals surface area contributed by atoms with E-state index in [1.54, 1.807) is 4.57 Å². The van der Waals surface area contributed by atoms with Gasteiger partial charge in [0.1, 0.15) is 11.5 Å². The third-order valence-electron chi connectivity index (χ3n) is 5.45. The van der Waals surface area contributed by atoms with Crippen LogP contribution in [0.3, 0.4) is 0 Å². The van der Waals surface area contributed by atoms with E-state index in [2.05, 4.69) is 48.2 Å². The van der Waals surface area contributed by atoms with Gasteiger partial charge in [0.05, 0.1) is 11.0 Å². The number of carbonyl (C=O) groups excluding carboxylic acids is 1. The normalized spacial score (nSPS) is 11.6. The summed E-state index contributed by atoms with van der Waals surface area (Å²) in [6.07, 6.45) is 1.84. The number of benzene rings is 2. The van der Waals surface area contributed by atoms with Crippen LogP contribution in [-0.2, 0) is 6.54 Å². The SMILES string of the molecule is C=CCn1c(C(=O)n2c(C)nc3ccccc32)c(C)c2cc(C(C)C)ccc21. The van der Waals surface area contributed by atoms with E-state index in [0.717, 1.165) is 27.5 Å². The Morgan fingerprint density at radius 1 is 1.14 bits per heavy atom. The minimum Gasteiger partial charge on any atom is -0.332 e. The number of aromatic nitrogens is 3. The number of imidazole rings is 1. The van der Waals surface area contributed by atoms with Gasteiger partial charge in [-0.25, -0.2) is 4.98 Å². The van der Waals surface area contributed by atoms with Crippen LogP contribution in [0.4, 0.5) is 0 Å². The number of hydrogen-bond acceptors (Lipinski definition) is 2. The number of fused-ring (bicyclic) bond motifs is 2.